The van der Waals surface area contributed by atoms with Crippen LogP contribution in [-0.2, 0) is 6.42 Å². The van der Waals surface area contributed by atoms with Gasteiger partial charge in [-0.25, -0.2) is 0 Å². The predicted octanol–water partition coefficient (Wildman–Crippen LogP) is 2.17. The van der Waals surface area contributed by atoms with Crippen molar-refractivity contribution in [3.63, 3.8) is 0 Å². The first-order chi connectivity index (χ1) is 6.90. The molecule has 0 saturated carbocycles. The van der Waals surface area contributed by atoms with E-state index in [1.807, 2.05) is 11.7 Å². The van der Waals surface area contributed by atoms with Crippen molar-refractivity contribution < 1.29 is 0 Å². The zero-order valence-electron chi connectivity index (χ0n) is 8.40. The van der Waals surface area contributed by atoms with Crippen molar-refractivity contribution in [1.82, 2.24) is 10.3 Å². The number of hydrogen-bond donors (Lipinski definition) is 1. The lowest BCUT2D eigenvalue weighted by Crippen LogP contribution is -2.36. The maximum atomic E-state index is 4.12. The van der Waals surface area contributed by atoms with Gasteiger partial charge in [0.2, 0.25) is 0 Å². The summed E-state index contributed by atoms with van der Waals surface area (Å²) in [6.07, 6.45) is 5.89. The number of aromatic nitrogens is 1. The Kier molecular flexibility index (Phi) is 3.84. The van der Waals surface area contributed by atoms with Crippen molar-refractivity contribution in [1.29, 1.82) is 0 Å². The average molecular weight is 228 g/mol. The molecule has 0 aromatic carbocycles. The molecule has 0 spiro atoms. The van der Waals surface area contributed by atoms with Crippen LogP contribution in [0.5, 0.6) is 0 Å². The van der Waals surface area contributed by atoms with Crippen LogP contribution in [0.4, 0.5) is 0 Å². The van der Waals surface area contributed by atoms with Crippen LogP contribution in [0.25, 0.3) is 0 Å². The predicted molar refractivity (Wildman–Crippen MR) is 64.1 cm³/mol. The van der Waals surface area contributed by atoms with Gasteiger partial charge in [-0.15, -0.1) is 11.3 Å². The summed E-state index contributed by atoms with van der Waals surface area (Å²) in [7, 11) is 2.07. The fourth-order valence-corrected chi connectivity index (χ4v) is 3.99. The van der Waals surface area contributed by atoms with Crippen LogP contribution < -0.4 is 5.32 Å². The third-order valence-corrected chi connectivity index (χ3v) is 5.01. The second-order valence-corrected chi connectivity index (χ2v) is 5.94. The summed E-state index contributed by atoms with van der Waals surface area (Å²) in [5.41, 5.74) is 1.92. The van der Waals surface area contributed by atoms with Gasteiger partial charge in [0.15, 0.2) is 0 Å². The van der Waals surface area contributed by atoms with E-state index in [0.29, 0.717) is 6.04 Å². The molecule has 0 aliphatic carbocycles. The zero-order chi connectivity index (χ0) is 9.80. The quantitative estimate of drug-likeness (QED) is 0.855. The minimum Gasteiger partial charge on any atom is -0.316 e. The van der Waals surface area contributed by atoms with E-state index in [0.717, 1.165) is 11.7 Å². The van der Waals surface area contributed by atoms with E-state index in [2.05, 4.69) is 29.1 Å². The van der Waals surface area contributed by atoms with Crippen LogP contribution in [0, 0.1) is 0 Å². The van der Waals surface area contributed by atoms with Crippen LogP contribution in [0.3, 0.4) is 0 Å². The summed E-state index contributed by atoms with van der Waals surface area (Å²) in [6.45, 7) is 0. The van der Waals surface area contributed by atoms with Gasteiger partial charge in [-0.3, -0.25) is 4.98 Å². The van der Waals surface area contributed by atoms with Gasteiger partial charge in [-0.2, -0.15) is 11.8 Å². The van der Waals surface area contributed by atoms with E-state index in [1.165, 1.54) is 23.5 Å². The number of nitrogens with zero attached hydrogens (tertiary/aromatic N) is 1. The molecular formula is C10H16N2S2. The van der Waals surface area contributed by atoms with Crippen LogP contribution in [-0.4, -0.2) is 29.1 Å². The number of hydrogen-bond acceptors (Lipinski definition) is 4. The topological polar surface area (TPSA) is 24.9 Å². The van der Waals surface area contributed by atoms with Crippen molar-refractivity contribution in [3.8, 4) is 0 Å². The third kappa shape index (κ3) is 2.49. The molecule has 1 saturated heterocycles. The summed E-state index contributed by atoms with van der Waals surface area (Å²) in [5.74, 6) is 1.34. The fraction of sp³-hybridized carbons (Fsp3) is 0.700. The van der Waals surface area contributed by atoms with Crippen molar-refractivity contribution in [2.75, 3.05) is 12.8 Å². The Hall–Kier alpha value is -0.0600. The van der Waals surface area contributed by atoms with Crippen LogP contribution in [0.2, 0.25) is 0 Å². The van der Waals surface area contributed by atoms with Gasteiger partial charge in [-0.05, 0) is 32.1 Å². The highest BCUT2D eigenvalue weighted by atomic mass is 32.2. The Morgan fingerprint density at radius 2 is 2.64 bits per heavy atom. The minimum absolute atomic E-state index is 0.628. The molecule has 0 bridgehead atoms. The Bertz CT molecular complexity index is 255. The minimum atomic E-state index is 0.628. The molecule has 2 nitrogen and oxygen atoms in total. The molecule has 1 aliphatic rings. The Labute approximate surface area is 93.5 Å². The van der Waals surface area contributed by atoms with Gasteiger partial charge in [0.1, 0.15) is 0 Å². The Morgan fingerprint density at radius 1 is 1.71 bits per heavy atom. The lowest BCUT2D eigenvalue weighted by molar-refractivity contribution is 0.526. The highest BCUT2D eigenvalue weighted by molar-refractivity contribution is 8.00. The maximum absolute atomic E-state index is 4.12. The number of thioether (sulfide) groups is 1. The van der Waals surface area contributed by atoms with Crippen molar-refractivity contribution in [2.24, 2.45) is 0 Å². The maximum Gasteiger partial charge on any atom is 0.0794 e. The van der Waals surface area contributed by atoms with Gasteiger partial charge in [0.05, 0.1) is 5.51 Å². The molecule has 2 heterocycles. The molecule has 78 valence electrons. The van der Waals surface area contributed by atoms with Crippen molar-refractivity contribution in [3.05, 3.63) is 16.6 Å². The monoisotopic (exact) mass is 228 g/mol. The first kappa shape index (κ1) is 10.5. The molecule has 2 rings (SSSR count). The Balaban J connectivity index is 1.92. The molecule has 1 aliphatic heterocycles. The first-order valence-electron chi connectivity index (χ1n) is 5.06. The molecule has 0 radical (unpaired) electrons. The fourth-order valence-electron chi connectivity index (χ4n) is 1.90. The van der Waals surface area contributed by atoms with Crippen molar-refractivity contribution in [2.45, 2.75) is 30.6 Å². The molecule has 1 aromatic rings. The van der Waals surface area contributed by atoms with E-state index >= 15 is 0 Å². The van der Waals surface area contributed by atoms with Gasteiger partial charge in [-0.1, -0.05) is 0 Å². The lowest BCUT2D eigenvalue weighted by atomic mass is 10.1. The smallest absolute Gasteiger partial charge is 0.0794 e. The normalized spacial score (nSPS) is 23.9. The second-order valence-electron chi connectivity index (χ2n) is 3.62. The van der Waals surface area contributed by atoms with E-state index in [1.54, 1.807) is 11.3 Å². The van der Waals surface area contributed by atoms with Crippen LogP contribution in [0.1, 0.15) is 17.7 Å². The summed E-state index contributed by atoms with van der Waals surface area (Å²) in [5, 5.41) is 4.25. The van der Waals surface area contributed by atoms with E-state index in [-0.39, 0.29) is 0 Å². The Morgan fingerprint density at radius 3 is 3.21 bits per heavy atom. The summed E-state index contributed by atoms with van der Waals surface area (Å²) >= 11 is 3.88. The summed E-state index contributed by atoms with van der Waals surface area (Å²) in [6, 6.07) is 0.628. The molecule has 1 fully saturated rings. The number of nitrogens with one attached hydrogen (secondary N) is 1. The van der Waals surface area contributed by atoms with Crippen LogP contribution in [0.15, 0.2) is 11.7 Å². The largest absolute Gasteiger partial charge is 0.316 e. The molecule has 1 N–H and O–H groups in total. The molecular weight excluding hydrogens is 212 g/mol. The standard InChI is InChI=1S/C10H16N2S2/c1-11-9(10-3-2-4-13-10)5-8-6-12-7-14-8/h6-7,9-11H,2-5H2,1H3. The molecule has 1 aromatic heterocycles. The van der Waals surface area contributed by atoms with E-state index in [9.17, 15) is 0 Å². The molecule has 2 atom stereocenters. The molecule has 0 amide bonds. The van der Waals surface area contributed by atoms with E-state index in [4.69, 9.17) is 0 Å². The first-order valence-corrected chi connectivity index (χ1v) is 6.99. The van der Waals surface area contributed by atoms with Crippen molar-refractivity contribution >= 4 is 23.1 Å². The highest BCUT2D eigenvalue weighted by Crippen LogP contribution is 2.30. The van der Waals surface area contributed by atoms with Crippen LogP contribution >= 0.6 is 23.1 Å². The summed E-state index contributed by atoms with van der Waals surface area (Å²) in [4.78, 5) is 5.52. The number of thiazole rings is 1. The van der Waals surface area contributed by atoms with Gasteiger partial charge in [0, 0.05) is 22.4 Å². The van der Waals surface area contributed by atoms with Gasteiger partial charge < -0.3 is 5.32 Å². The van der Waals surface area contributed by atoms with E-state index < -0.39 is 0 Å². The SMILES string of the molecule is CNC(Cc1cncs1)C1CCCS1. The molecule has 4 heteroatoms. The third-order valence-electron chi connectivity index (χ3n) is 2.69. The number of rotatable bonds is 4. The zero-order valence-corrected chi connectivity index (χ0v) is 10.0. The highest BCUT2D eigenvalue weighted by Gasteiger charge is 2.24. The van der Waals surface area contributed by atoms with Gasteiger partial charge in [0.25, 0.3) is 0 Å². The number of likely N-dealkylation sites (N-methyl/N-ethyl adjacent to an activating group) is 1. The molecule has 14 heavy (non-hydrogen) atoms. The summed E-state index contributed by atoms with van der Waals surface area (Å²) < 4.78 is 0. The van der Waals surface area contributed by atoms with Gasteiger partial charge >= 0.3 is 0 Å². The second kappa shape index (κ2) is 5.14. The average Bonchev–Trinajstić information content (AvgIpc) is 2.86. The molecule has 2 unspecified atom stereocenters. The lowest BCUT2D eigenvalue weighted by Gasteiger charge is -2.21.